The van der Waals surface area contributed by atoms with Crippen LogP contribution in [0.4, 0.5) is 10.7 Å². The van der Waals surface area contributed by atoms with Crippen molar-refractivity contribution in [1.29, 1.82) is 0 Å². The molecule has 0 spiro atoms. The molecule has 0 atom stereocenters. The van der Waals surface area contributed by atoms with Gasteiger partial charge in [-0.1, -0.05) is 42.5 Å². The minimum Gasteiger partial charge on any atom is -0.451 e. The van der Waals surface area contributed by atoms with Gasteiger partial charge in [0.25, 0.3) is 5.91 Å². The molecular weight excluding hydrogens is 424 g/mol. The van der Waals surface area contributed by atoms with Crippen molar-refractivity contribution in [3.8, 4) is 11.1 Å². The number of carbonyl (C=O) groups excluding carboxylic acids is 2. The van der Waals surface area contributed by atoms with Gasteiger partial charge in [0, 0.05) is 24.3 Å². The number of rotatable bonds is 6. The van der Waals surface area contributed by atoms with E-state index in [9.17, 15) is 9.59 Å². The normalized spacial score (nSPS) is 13.6. The molecular formula is C25H26N2O4S. The van der Waals surface area contributed by atoms with E-state index in [4.69, 9.17) is 9.47 Å². The van der Waals surface area contributed by atoms with Crippen molar-refractivity contribution in [3.63, 3.8) is 0 Å². The summed E-state index contributed by atoms with van der Waals surface area (Å²) < 4.78 is 10.8. The first-order valence-electron chi connectivity index (χ1n) is 10.6. The number of benzene rings is 2. The molecule has 1 aromatic heterocycles. The van der Waals surface area contributed by atoms with Gasteiger partial charge >= 0.3 is 5.97 Å². The molecule has 3 aromatic rings. The molecule has 0 bridgehead atoms. The van der Waals surface area contributed by atoms with Gasteiger partial charge in [-0.05, 0) is 42.7 Å². The number of anilines is 2. The molecule has 6 nitrogen and oxygen atoms in total. The SMILES string of the molecule is Cc1cccc(NC(=O)COC(=O)c2cc(-c3ccccc3)c(N3CCOCC3)s2)c1C. The first-order chi connectivity index (χ1) is 15.5. The zero-order valence-electron chi connectivity index (χ0n) is 18.2. The van der Waals surface area contributed by atoms with E-state index in [0.717, 1.165) is 46.0 Å². The maximum atomic E-state index is 12.8. The summed E-state index contributed by atoms with van der Waals surface area (Å²) in [5.74, 6) is -0.858. The molecule has 0 saturated carbocycles. The Morgan fingerprint density at radius 2 is 1.81 bits per heavy atom. The molecule has 0 aliphatic carbocycles. The number of amides is 1. The second-order valence-electron chi connectivity index (χ2n) is 7.67. The number of aryl methyl sites for hydroxylation is 1. The summed E-state index contributed by atoms with van der Waals surface area (Å²) in [6.45, 7) is 6.45. The molecule has 4 rings (SSSR count). The molecule has 1 saturated heterocycles. The molecule has 2 aromatic carbocycles. The number of esters is 1. The number of ether oxygens (including phenoxy) is 2. The minimum atomic E-state index is -0.497. The third-order valence-electron chi connectivity index (χ3n) is 5.51. The van der Waals surface area contributed by atoms with Crippen LogP contribution in [0.25, 0.3) is 11.1 Å². The summed E-state index contributed by atoms with van der Waals surface area (Å²) >= 11 is 1.39. The van der Waals surface area contributed by atoms with Crippen molar-refractivity contribution in [2.24, 2.45) is 0 Å². The van der Waals surface area contributed by atoms with E-state index < -0.39 is 5.97 Å². The standard InChI is InChI=1S/C25H26N2O4S/c1-17-7-6-10-21(18(17)2)26-23(28)16-31-25(29)22-15-20(19-8-4-3-5-9-19)24(32-22)27-11-13-30-14-12-27/h3-10,15H,11-14,16H2,1-2H3,(H,26,28). The van der Waals surface area contributed by atoms with Crippen molar-refractivity contribution < 1.29 is 19.1 Å². The van der Waals surface area contributed by atoms with Crippen molar-refractivity contribution in [3.05, 3.63) is 70.6 Å². The molecule has 1 fully saturated rings. The smallest absolute Gasteiger partial charge is 0.348 e. The first kappa shape index (κ1) is 22.0. The summed E-state index contributed by atoms with van der Waals surface area (Å²) in [5.41, 5.74) is 4.83. The monoisotopic (exact) mass is 450 g/mol. The van der Waals surface area contributed by atoms with Crippen LogP contribution in [0.5, 0.6) is 0 Å². The Bertz CT molecular complexity index is 1100. The highest BCUT2D eigenvalue weighted by molar-refractivity contribution is 7.18. The van der Waals surface area contributed by atoms with E-state index in [0.29, 0.717) is 18.1 Å². The van der Waals surface area contributed by atoms with Crippen LogP contribution >= 0.6 is 11.3 Å². The van der Waals surface area contributed by atoms with Crippen LogP contribution in [0.3, 0.4) is 0 Å². The zero-order chi connectivity index (χ0) is 22.5. The van der Waals surface area contributed by atoms with Crippen LogP contribution < -0.4 is 10.2 Å². The van der Waals surface area contributed by atoms with Crippen molar-refractivity contribution in [1.82, 2.24) is 0 Å². The highest BCUT2D eigenvalue weighted by Crippen LogP contribution is 2.39. The molecule has 1 amide bonds. The van der Waals surface area contributed by atoms with Crippen LogP contribution in [-0.4, -0.2) is 44.8 Å². The Morgan fingerprint density at radius 3 is 2.56 bits per heavy atom. The average molecular weight is 451 g/mol. The largest absolute Gasteiger partial charge is 0.451 e. The molecule has 1 aliphatic rings. The van der Waals surface area contributed by atoms with E-state index in [1.807, 2.05) is 68.4 Å². The topological polar surface area (TPSA) is 67.9 Å². The highest BCUT2D eigenvalue weighted by Gasteiger charge is 2.23. The van der Waals surface area contributed by atoms with Gasteiger partial charge in [-0.3, -0.25) is 4.79 Å². The summed E-state index contributed by atoms with van der Waals surface area (Å²) in [4.78, 5) is 27.8. The van der Waals surface area contributed by atoms with E-state index >= 15 is 0 Å². The summed E-state index contributed by atoms with van der Waals surface area (Å²) in [6.07, 6.45) is 0. The average Bonchev–Trinajstić information content (AvgIpc) is 3.27. The molecule has 7 heteroatoms. The van der Waals surface area contributed by atoms with Crippen LogP contribution in [0.2, 0.25) is 0 Å². The third-order valence-corrected chi connectivity index (χ3v) is 6.69. The number of carbonyl (C=O) groups is 2. The van der Waals surface area contributed by atoms with Gasteiger partial charge in [0.2, 0.25) is 0 Å². The van der Waals surface area contributed by atoms with Gasteiger partial charge in [-0.15, -0.1) is 11.3 Å². The van der Waals surface area contributed by atoms with Gasteiger partial charge in [0.1, 0.15) is 4.88 Å². The lowest BCUT2D eigenvalue weighted by Gasteiger charge is -2.28. The number of hydrogen-bond donors (Lipinski definition) is 1. The van der Waals surface area contributed by atoms with Gasteiger partial charge in [-0.25, -0.2) is 4.79 Å². The van der Waals surface area contributed by atoms with Crippen molar-refractivity contribution in [2.75, 3.05) is 43.1 Å². The molecule has 1 N–H and O–H groups in total. The number of nitrogens with one attached hydrogen (secondary N) is 1. The summed E-state index contributed by atoms with van der Waals surface area (Å²) in [6, 6.07) is 17.5. The van der Waals surface area contributed by atoms with Crippen LogP contribution in [0, 0.1) is 13.8 Å². The van der Waals surface area contributed by atoms with Crippen LogP contribution in [0.1, 0.15) is 20.8 Å². The fourth-order valence-corrected chi connectivity index (χ4v) is 4.71. The van der Waals surface area contributed by atoms with Crippen LogP contribution in [0.15, 0.2) is 54.6 Å². The minimum absolute atomic E-state index is 0.336. The highest BCUT2D eigenvalue weighted by atomic mass is 32.1. The fourth-order valence-electron chi connectivity index (χ4n) is 3.58. The Morgan fingerprint density at radius 1 is 1.06 bits per heavy atom. The third kappa shape index (κ3) is 5.00. The summed E-state index contributed by atoms with van der Waals surface area (Å²) in [7, 11) is 0. The number of hydrogen-bond acceptors (Lipinski definition) is 6. The van der Waals surface area contributed by atoms with E-state index in [1.165, 1.54) is 11.3 Å². The van der Waals surface area contributed by atoms with E-state index in [1.54, 1.807) is 0 Å². The van der Waals surface area contributed by atoms with Crippen molar-refractivity contribution in [2.45, 2.75) is 13.8 Å². The lowest BCUT2D eigenvalue weighted by molar-refractivity contribution is -0.119. The Kier molecular flexibility index (Phi) is 6.87. The Balaban J connectivity index is 1.48. The first-order valence-corrected chi connectivity index (χ1v) is 11.4. The molecule has 2 heterocycles. The van der Waals surface area contributed by atoms with Crippen LogP contribution in [-0.2, 0) is 14.3 Å². The van der Waals surface area contributed by atoms with Gasteiger partial charge in [0.05, 0.1) is 18.2 Å². The number of nitrogens with zero attached hydrogens (tertiary/aromatic N) is 1. The maximum Gasteiger partial charge on any atom is 0.348 e. The fraction of sp³-hybridized carbons (Fsp3) is 0.280. The lowest BCUT2D eigenvalue weighted by Crippen LogP contribution is -2.35. The molecule has 1 aliphatic heterocycles. The molecule has 32 heavy (non-hydrogen) atoms. The van der Waals surface area contributed by atoms with Gasteiger partial charge in [0.15, 0.2) is 6.61 Å². The predicted octanol–water partition coefficient (Wildman–Crippen LogP) is 4.66. The lowest BCUT2D eigenvalue weighted by atomic mass is 10.1. The van der Waals surface area contributed by atoms with E-state index in [2.05, 4.69) is 10.2 Å². The van der Waals surface area contributed by atoms with Crippen molar-refractivity contribution >= 4 is 33.9 Å². The maximum absolute atomic E-state index is 12.8. The Labute approximate surface area is 191 Å². The van der Waals surface area contributed by atoms with Gasteiger partial charge < -0.3 is 19.7 Å². The Hall–Kier alpha value is -3.16. The quantitative estimate of drug-likeness (QED) is 0.553. The summed E-state index contributed by atoms with van der Waals surface area (Å²) in [5, 5.41) is 3.84. The molecule has 0 unspecified atom stereocenters. The number of thiophene rings is 1. The van der Waals surface area contributed by atoms with E-state index in [-0.39, 0.29) is 12.5 Å². The number of morpholine rings is 1. The second-order valence-corrected chi connectivity index (χ2v) is 8.70. The second kappa shape index (κ2) is 9.97. The zero-order valence-corrected chi connectivity index (χ0v) is 19.0. The molecule has 166 valence electrons. The molecule has 0 radical (unpaired) electrons. The van der Waals surface area contributed by atoms with Gasteiger partial charge in [-0.2, -0.15) is 0 Å². The predicted molar refractivity (Wildman–Crippen MR) is 128 cm³/mol.